The molecule has 19 heavy (non-hydrogen) atoms. The van der Waals surface area contributed by atoms with Gasteiger partial charge in [-0.25, -0.2) is 4.79 Å². The average molecular weight is 290 g/mol. The summed E-state index contributed by atoms with van der Waals surface area (Å²) in [5.41, 5.74) is -0.0294. The topological polar surface area (TPSA) is 69.6 Å². The van der Waals surface area contributed by atoms with Gasteiger partial charge in [-0.15, -0.1) is 0 Å². The molecule has 0 heterocycles. The van der Waals surface area contributed by atoms with Crippen molar-refractivity contribution in [1.29, 1.82) is 0 Å². The Kier molecular flexibility index (Phi) is 8.11. The van der Waals surface area contributed by atoms with Gasteiger partial charge in [-0.1, -0.05) is 19.9 Å². The summed E-state index contributed by atoms with van der Waals surface area (Å²) in [6.45, 7) is 5.61. The maximum atomic E-state index is 12.0. The molecule has 0 aromatic carbocycles. The number of ether oxygens (including phenoxy) is 1. The van der Waals surface area contributed by atoms with Gasteiger partial charge in [0.05, 0.1) is 28.9 Å². The van der Waals surface area contributed by atoms with E-state index in [9.17, 15) is 14.8 Å². The molecule has 0 spiro atoms. The van der Waals surface area contributed by atoms with E-state index in [1.165, 1.54) is 0 Å². The van der Waals surface area contributed by atoms with Crippen LogP contribution in [0.15, 0.2) is 12.7 Å². The van der Waals surface area contributed by atoms with Crippen LogP contribution in [-0.4, -0.2) is 61.0 Å². The Balaban J connectivity index is 4.68. The summed E-state index contributed by atoms with van der Waals surface area (Å²) in [5, 5.41) is 9.82. The molecular weight excluding hydrogens is 265 g/mol. The Labute approximate surface area is 116 Å². The van der Waals surface area contributed by atoms with E-state index < -0.39 is 19.8 Å². The summed E-state index contributed by atoms with van der Waals surface area (Å²) in [7, 11) is 3.81. The smallest absolute Gasteiger partial charge is 0.330 e. The molecule has 0 aliphatic rings. The third kappa shape index (κ3) is 8.89. The van der Waals surface area contributed by atoms with Crippen molar-refractivity contribution in [2.75, 3.05) is 33.8 Å². The van der Waals surface area contributed by atoms with Crippen LogP contribution in [-0.2, 0) is 9.53 Å². The SMILES string of the molecule is C=CC(=O)OC(CCC)C/[P+]([O-])=C(\O)C[N+](C)(C)C. The molecule has 2 unspecified atom stereocenters. The van der Waals surface area contributed by atoms with Gasteiger partial charge in [-0.05, 0) is 6.42 Å². The van der Waals surface area contributed by atoms with E-state index in [1.54, 1.807) is 0 Å². The van der Waals surface area contributed by atoms with Crippen molar-refractivity contribution in [3.8, 4) is 0 Å². The molecule has 0 saturated heterocycles. The second-order valence-corrected chi connectivity index (χ2v) is 7.12. The monoisotopic (exact) mass is 290 g/mol. The minimum atomic E-state index is -1.90. The van der Waals surface area contributed by atoms with Gasteiger partial charge >= 0.3 is 5.97 Å². The fourth-order valence-electron chi connectivity index (χ4n) is 1.52. The molecular formula is C13H25NO4P+. The van der Waals surface area contributed by atoms with Crippen LogP contribution < -0.4 is 4.89 Å². The zero-order valence-corrected chi connectivity index (χ0v) is 13.2. The van der Waals surface area contributed by atoms with Crippen molar-refractivity contribution < 1.29 is 24.0 Å². The molecule has 0 radical (unpaired) electrons. The predicted molar refractivity (Wildman–Crippen MR) is 76.6 cm³/mol. The molecule has 110 valence electrons. The Morgan fingerprint density at radius 1 is 1.53 bits per heavy atom. The van der Waals surface area contributed by atoms with E-state index in [4.69, 9.17) is 4.74 Å². The van der Waals surface area contributed by atoms with E-state index in [-0.39, 0.29) is 11.6 Å². The first-order valence-corrected chi connectivity index (χ1v) is 7.77. The van der Waals surface area contributed by atoms with Gasteiger partial charge in [0.15, 0.2) is 6.54 Å². The van der Waals surface area contributed by atoms with E-state index in [0.29, 0.717) is 17.4 Å². The number of carbonyl (C=O) groups excluding carboxylic acids is 1. The minimum Gasteiger partial charge on any atom is -0.628 e. The first-order valence-electron chi connectivity index (χ1n) is 6.32. The molecule has 0 amide bonds. The van der Waals surface area contributed by atoms with Crippen LogP contribution in [0.25, 0.3) is 0 Å². The number of nitrogens with zero attached hydrogens (tertiary/aromatic N) is 1. The molecule has 0 fully saturated rings. The number of carbonyl (C=O) groups is 1. The number of rotatable bonds is 8. The van der Waals surface area contributed by atoms with E-state index >= 15 is 0 Å². The average Bonchev–Trinajstić information content (AvgIpc) is 2.26. The van der Waals surface area contributed by atoms with E-state index in [2.05, 4.69) is 6.58 Å². The minimum absolute atomic E-state index is 0.0294. The summed E-state index contributed by atoms with van der Waals surface area (Å²) in [6, 6.07) is 0. The largest absolute Gasteiger partial charge is 0.628 e. The molecule has 0 aliphatic carbocycles. The Hall–Kier alpha value is -0.740. The van der Waals surface area contributed by atoms with Gasteiger partial charge < -0.3 is 19.2 Å². The van der Waals surface area contributed by atoms with Crippen LogP contribution in [0.1, 0.15) is 19.8 Å². The second kappa shape index (κ2) is 8.43. The third-order valence-corrected chi connectivity index (χ3v) is 3.79. The zero-order chi connectivity index (χ0) is 15.1. The van der Waals surface area contributed by atoms with Crippen molar-refractivity contribution in [3.05, 3.63) is 12.7 Å². The standard InChI is InChI=1S/C13H24NO4P/c1-6-8-11(18-12(15)7-2)10-19(17)13(16)9-14(3,4)5/h7,11H,2,6,8-10H2,1,3-5H3/p+1. The number of quaternary nitrogens is 1. The normalized spacial score (nSPS) is 14.6. The van der Waals surface area contributed by atoms with Gasteiger partial charge in [-0.3, -0.25) is 0 Å². The maximum absolute atomic E-state index is 12.0. The van der Waals surface area contributed by atoms with Crippen LogP contribution in [0, 0.1) is 0 Å². The molecule has 1 N–H and O–H groups in total. The van der Waals surface area contributed by atoms with Crippen molar-refractivity contribution >= 4 is 19.2 Å². The molecule has 0 aromatic heterocycles. The van der Waals surface area contributed by atoms with Crippen molar-refractivity contribution in [2.24, 2.45) is 0 Å². The number of aliphatic hydroxyl groups excluding tert-OH is 1. The summed E-state index contributed by atoms with van der Waals surface area (Å²) in [5.74, 6) is -0.520. The van der Waals surface area contributed by atoms with E-state index in [1.807, 2.05) is 28.1 Å². The lowest BCUT2D eigenvalue weighted by molar-refractivity contribution is -0.861. The van der Waals surface area contributed by atoms with Crippen LogP contribution in [0.3, 0.4) is 0 Å². The molecule has 0 aromatic rings. The zero-order valence-electron chi connectivity index (χ0n) is 12.3. The lowest BCUT2D eigenvalue weighted by atomic mass is 10.2. The summed E-state index contributed by atoms with van der Waals surface area (Å²) in [4.78, 5) is 23.2. The lowest BCUT2D eigenvalue weighted by Crippen LogP contribution is -2.40. The highest BCUT2D eigenvalue weighted by Gasteiger charge is 2.22. The number of hydrogen-bond donors (Lipinski definition) is 1. The Morgan fingerprint density at radius 3 is 2.53 bits per heavy atom. The van der Waals surface area contributed by atoms with Crippen LogP contribution in [0.5, 0.6) is 0 Å². The first kappa shape index (κ1) is 18.3. The summed E-state index contributed by atoms with van der Waals surface area (Å²) >= 11 is 0. The number of hydrogen-bond acceptors (Lipinski definition) is 3. The molecule has 5 nitrogen and oxygen atoms in total. The van der Waals surface area contributed by atoms with Gasteiger partial charge in [-0.2, -0.15) is 0 Å². The van der Waals surface area contributed by atoms with Crippen molar-refractivity contribution in [1.82, 2.24) is 0 Å². The predicted octanol–water partition coefficient (Wildman–Crippen LogP) is 0.850. The number of likely N-dealkylation sites (N-methyl/N-ethyl adjacent to an activating group) is 1. The van der Waals surface area contributed by atoms with Crippen molar-refractivity contribution in [2.45, 2.75) is 25.9 Å². The molecule has 2 atom stereocenters. The summed E-state index contributed by atoms with van der Waals surface area (Å²) < 4.78 is 5.62. The summed E-state index contributed by atoms with van der Waals surface area (Å²) in [6.07, 6.45) is 2.25. The fraction of sp³-hybridized carbons (Fsp3) is 0.692. The highest BCUT2D eigenvalue weighted by atomic mass is 31.1. The fourth-order valence-corrected chi connectivity index (χ4v) is 2.94. The van der Waals surface area contributed by atoms with Gasteiger partial charge in [0.1, 0.15) is 12.3 Å². The quantitative estimate of drug-likeness (QED) is 0.311. The van der Waals surface area contributed by atoms with Crippen LogP contribution >= 0.6 is 7.77 Å². The molecule has 0 saturated carbocycles. The second-order valence-electron chi connectivity index (χ2n) is 5.48. The van der Waals surface area contributed by atoms with Gasteiger partial charge in [0.2, 0.25) is 0 Å². The molecule has 0 aliphatic heterocycles. The maximum Gasteiger partial charge on any atom is 0.330 e. The number of aliphatic hydroxyl groups is 1. The molecule has 0 bridgehead atoms. The van der Waals surface area contributed by atoms with Crippen LogP contribution in [0.2, 0.25) is 0 Å². The van der Waals surface area contributed by atoms with Gasteiger partial charge in [0, 0.05) is 6.08 Å². The number of esters is 1. The van der Waals surface area contributed by atoms with Gasteiger partial charge in [0.25, 0.3) is 5.48 Å². The third-order valence-electron chi connectivity index (χ3n) is 2.33. The highest BCUT2D eigenvalue weighted by molar-refractivity contribution is 7.51. The Morgan fingerprint density at radius 2 is 2.11 bits per heavy atom. The van der Waals surface area contributed by atoms with Crippen LogP contribution in [0.4, 0.5) is 0 Å². The van der Waals surface area contributed by atoms with E-state index in [0.717, 1.165) is 12.5 Å². The molecule has 0 rings (SSSR count). The first-order chi connectivity index (χ1) is 8.69. The Bertz CT molecular complexity index is 347. The molecule has 6 heteroatoms. The highest BCUT2D eigenvalue weighted by Crippen LogP contribution is 2.20. The van der Waals surface area contributed by atoms with Crippen molar-refractivity contribution in [3.63, 3.8) is 0 Å². The lowest BCUT2D eigenvalue weighted by Gasteiger charge is -2.22.